The number of aromatic amines is 2. The SMILES string of the molecule is Cc1[nH]ncc1-c1cc2nc(C3C[C@@H]4CC(N3)[C@@H]4C)[nH]c(=O)c2s1. The Morgan fingerprint density at radius 3 is 2.88 bits per heavy atom. The van der Waals surface area contributed by atoms with Crippen molar-refractivity contribution in [2.24, 2.45) is 11.8 Å². The van der Waals surface area contributed by atoms with Crippen molar-refractivity contribution in [1.82, 2.24) is 25.5 Å². The summed E-state index contributed by atoms with van der Waals surface area (Å²) in [6, 6.07) is 2.74. The van der Waals surface area contributed by atoms with Crippen LogP contribution in [0.2, 0.25) is 0 Å². The molecule has 2 bridgehead atoms. The second-order valence-corrected chi connectivity index (χ2v) is 8.15. The molecule has 1 aliphatic carbocycles. The monoisotopic (exact) mass is 341 g/mol. The van der Waals surface area contributed by atoms with Crippen molar-refractivity contribution in [3.05, 3.63) is 34.1 Å². The van der Waals surface area contributed by atoms with Gasteiger partial charge < -0.3 is 10.3 Å². The van der Waals surface area contributed by atoms with E-state index >= 15 is 0 Å². The summed E-state index contributed by atoms with van der Waals surface area (Å²) < 4.78 is 0.684. The summed E-state index contributed by atoms with van der Waals surface area (Å²) in [5.41, 5.74) is 2.77. The van der Waals surface area contributed by atoms with Crippen LogP contribution in [0, 0.1) is 18.8 Å². The van der Waals surface area contributed by atoms with Crippen LogP contribution in [0.4, 0.5) is 0 Å². The van der Waals surface area contributed by atoms with Crippen molar-refractivity contribution in [3.8, 4) is 10.4 Å². The Morgan fingerprint density at radius 1 is 1.33 bits per heavy atom. The highest BCUT2D eigenvalue weighted by molar-refractivity contribution is 7.22. The lowest BCUT2D eigenvalue weighted by Gasteiger charge is -2.51. The van der Waals surface area contributed by atoms with E-state index in [-0.39, 0.29) is 11.6 Å². The van der Waals surface area contributed by atoms with Crippen LogP contribution in [0.25, 0.3) is 20.7 Å². The van der Waals surface area contributed by atoms with Gasteiger partial charge in [0, 0.05) is 22.2 Å². The van der Waals surface area contributed by atoms with Crippen LogP contribution in [-0.4, -0.2) is 26.2 Å². The summed E-state index contributed by atoms with van der Waals surface area (Å²) in [6.45, 7) is 4.29. The average molecular weight is 341 g/mol. The predicted molar refractivity (Wildman–Crippen MR) is 94.1 cm³/mol. The van der Waals surface area contributed by atoms with Gasteiger partial charge in [-0.15, -0.1) is 11.3 Å². The molecule has 2 saturated heterocycles. The number of aryl methyl sites for hydroxylation is 1. The highest BCUT2D eigenvalue weighted by atomic mass is 32.1. The fourth-order valence-electron chi connectivity index (χ4n) is 4.09. The topological polar surface area (TPSA) is 86.5 Å². The molecule has 0 spiro atoms. The van der Waals surface area contributed by atoms with E-state index in [4.69, 9.17) is 4.98 Å². The van der Waals surface area contributed by atoms with Gasteiger partial charge in [-0.05, 0) is 37.7 Å². The maximum Gasteiger partial charge on any atom is 0.268 e. The van der Waals surface area contributed by atoms with Gasteiger partial charge in [-0.3, -0.25) is 9.89 Å². The van der Waals surface area contributed by atoms with Gasteiger partial charge in [-0.1, -0.05) is 6.92 Å². The quantitative estimate of drug-likeness (QED) is 0.669. The Bertz CT molecular complexity index is 974. The fourth-order valence-corrected chi connectivity index (χ4v) is 5.15. The highest BCUT2D eigenvalue weighted by Gasteiger charge is 2.45. The molecule has 2 aliphatic heterocycles. The molecule has 7 heteroatoms. The van der Waals surface area contributed by atoms with Gasteiger partial charge in [0.05, 0.1) is 17.8 Å². The Morgan fingerprint density at radius 2 is 2.21 bits per heavy atom. The molecular weight excluding hydrogens is 322 g/mol. The second-order valence-electron chi connectivity index (χ2n) is 7.10. The first-order valence-electron chi connectivity index (χ1n) is 8.40. The molecule has 24 heavy (non-hydrogen) atoms. The first-order chi connectivity index (χ1) is 11.6. The third kappa shape index (κ3) is 2.01. The van der Waals surface area contributed by atoms with Gasteiger partial charge in [0.2, 0.25) is 0 Å². The number of nitrogens with zero attached hydrogens (tertiary/aromatic N) is 2. The average Bonchev–Trinajstić information content (AvgIpc) is 3.20. The summed E-state index contributed by atoms with van der Waals surface area (Å²) in [4.78, 5) is 21.3. The minimum atomic E-state index is -0.0403. The van der Waals surface area contributed by atoms with Crippen LogP contribution in [0.15, 0.2) is 17.1 Å². The fraction of sp³-hybridized carbons (Fsp3) is 0.471. The highest BCUT2D eigenvalue weighted by Crippen LogP contribution is 2.45. The molecule has 6 rings (SSSR count). The number of nitrogens with one attached hydrogen (secondary N) is 3. The van der Waals surface area contributed by atoms with Gasteiger partial charge in [0.1, 0.15) is 10.5 Å². The Hall–Kier alpha value is -1.99. The van der Waals surface area contributed by atoms with Crippen molar-refractivity contribution in [3.63, 3.8) is 0 Å². The zero-order valence-electron chi connectivity index (χ0n) is 13.6. The minimum Gasteiger partial charge on any atom is -0.308 e. The lowest BCUT2D eigenvalue weighted by Crippen LogP contribution is -2.56. The molecule has 3 fully saturated rings. The molecule has 5 heterocycles. The van der Waals surface area contributed by atoms with E-state index in [1.54, 1.807) is 6.20 Å². The molecular formula is C17H19N5OS. The van der Waals surface area contributed by atoms with Crippen LogP contribution in [-0.2, 0) is 0 Å². The summed E-state index contributed by atoms with van der Waals surface area (Å²) in [7, 11) is 0. The van der Waals surface area contributed by atoms with Gasteiger partial charge in [-0.25, -0.2) is 4.98 Å². The van der Waals surface area contributed by atoms with Crippen molar-refractivity contribution >= 4 is 21.6 Å². The number of hydrogen-bond donors (Lipinski definition) is 3. The predicted octanol–water partition coefficient (Wildman–Crippen LogP) is 2.74. The van der Waals surface area contributed by atoms with Crippen molar-refractivity contribution in [2.45, 2.75) is 38.8 Å². The van der Waals surface area contributed by atoms with Crippen LogP contribution in [0.3, 0.4) is 0 Å². The molecule has 0 radical (unpaired) electrons. The number of rotatable bonds is 2. The van der Waals surface area contributed by atoms with Gasteiger partial charge in [0.15, 0.2) is 0 Å². The van der Waals surface area contributed by atoms with Crippen LogP contribution < -0.4 is 10.9 Å². The molecule has 4 atom stereocenters. The maximum absolute atomic E-state index is 12.5. The molecule has 124 valence electrons. The standard InChI is InChI=1S/C17H19N5OS/c1-7-9-3-11(7)19-13(4-9)16-20-12-5-14(10-6-18-22-8(10)2)24-15(12)17(23)21-16/h5-7,9,11,13,19H,3-4H2,1-2H3,(H,18,22)(H,20,21,23)/t7-,9+,11?,13?/m1/s1. The second kappa shape index (κ2) is 5.00. The number of H-pyrrole nitrogens is 2. The maximum atomic E-state index is 12.5. The molecule has 0 amide bonds. The van der Waals surface area contributed by atoms with E-state index < -0.39 is 0 Å². The lowest BCUT2D eigenvalue weighted by atomic mass is 9.64. The smallest absolute Gasteiger partial charge is 0.268 e. The molecule has 3 aromatic rings. The number of aromatic nitrogens is 4. The number of thiophene rings is 1. The molecule has 3 N–H and O–H groups in total. The molecule has 3 aliphatic rings. The molecule has 1 saturated carbocycles. The molecule has 6 nitrogen and oxygen atoms in total. The Balaban J connectivity index is 1.55. The molecule has 0 aromatic carbocycles. The van der Waals surface area contributed by atoms with E-state index in [1.807, 2.05) is 13.0 Å². The van der Waals surface area contributed by atoms with Crippen LogP contribution >= 0.6 is 11.3 Å². The van der Waals surface area contributed by atoms with E-state index in [0.717, 1.165) is 45.7 Å². The third-order valence-electron chi connectivity index (χ3n) is 5.72. The Kier molecular flexibility index (Phi) is 2.99. The van der Waals surface area contributed by atoms with Gasteiger partial charge in [-0.2, -0.15) is 5.10 Å². The lowest BCUT2D eigenvalue weighted by molar-refractivity contribution is 0.0374. The molecule has 3 aromatic heterocycles. The first-order valence-corrected chi connectivity index (χ1v) is 9.22. The van der Waals surface area contributed by atoms with Crippen molar-refractivity contribution in [2.75, 3.05) is 0 Å². The van der Waals surface area contributed by atoms with Crippen LogP contribution in [0.5, 0.6) is 0 Å². The number of fused-ring (bicyclic) bond motifs is 3. The van der Waals surface area contributed by atoms with E-state index in [2.05, 4.69) is 27.4 Å². The first kappa shape index (κ1) is 14.4. The van der Waals surface area contributed by atoms with Crippen LogP contribution in [0.1, 0.15) is 37.3 Å². The van der Waals surface area contributed by atoms with E-state index in [9.17, 15) is 4.79 Å². The van der Waals surface area contributed by atoms with E-state index in [1.165, 1.54) is 17.8 Å². The van der Waals surface area contributed by atoms with E-state index in [0.29, 0.717) is 10.7 Å². The number of piperidine rings is 2. The Labute approximate surface area is 142 Å². The minimum absolute atomic E-state index is 0.0403. The number of hydrogen-bond acceptors (Lipinski definition) is 5. The van der Waals surface area contributed by atoms with Gasteiger partial charge in [0.25, 0.3) is 5.56 Å². The summed E-state index contributed by atoms with van der Waals surface area (Å²) in [6.07, 6.45) is 4.11. The zero-order valence-corrected chi connectivity index (χ0v) is 14.4. The van der Waals surface area contributed by atoms with Crippen molar-refractivity contribution < 1.29 is 0 Å². The normalized spacial score (nSPS) is 28.9. The third-order valence-corrected chi connectivity index (χ3v) is 6.87. The summed E-state index contributed by atoms with van der Waals surface area (Å²) >= 11 is 1.47. The largest absolute Gasteiger partial charge is 0.308 e. The summed E-state index contributed by atoms with van der Waals surface area (Å²) in [5.74, 6) is 2.28. The van der Waals surface area contributed by atoms with Gasteiger partial charge >= 0.3 is 0 Å². The summed E-state index contributed by atoms with van der Waals surface area (Å²) in [5, 5.41) is 10.7. The zero-order chi connectivity index (χ0) is 16.4. The van der Waals surface area contributed by atoms with Crippen molar-refractivity contribution in [1.29, 1.82) is 0 Å². The molecule has 2 unspecified atom stereocenters.